The third-order valence-electron chi connectivity index (χ3n) is 4.70. The average Bonchev–Trinajstić information content (AvgIpc) is 3.22. The van der Waals surface area contributed by atoms with Gasteiger partial charge in [-0.25, -0.2) is 0 Å². The summed E-state index contributed by atoms with van der Waals surface area (Å²) in [7, 11) is 0. The summed E-state index contributed by atoms with van der Waals surface area (Å²) in [4.78, 5) is 25.6. The molecule has 2 aromatic rings. The van der Waals surface area contributed by atoms with Crippen LogP contribution < -0.4 is 5.32 Å². The number of benzene rings is 1. The van der Waals surface area contributed by atoms with Crippen LogP contribution in [0.3, 0.4) is 0 Å². The summed E-state index contributed by atoms with van der Waals surface area (Å²) < 4.78 is 2.36. The predicted octanol–water partition coefficient (Wildman–Crippen LogP) is 2.43. The molecule has 0 bridgehead atoms. The van der Waals surface area contributed by atoms with Crippen molar-refractivity contribution in [2.45, 2.75) is 39.2 Å². The van der Waals surface area contributed by atoms with Crippen LogP contribution in [0.25, 0.3) is 11.4 Å². The number of aryl methyl sites for hydroxylation is 1. The smallest absolute Gasteiger partial charge is 0.222 e. The number of likely N-dealkylation sites (tertiary alicyclic amines) is 1. The van der Waals surface area contributed by atoms with Gasteiger partial charge in [-0.05, 0) is 38.0 Å². The Morgan fingerprint density at radius 3 is 2.96 bits per heavy atom. The molecule has 8 heteroatoms. The number of aromatic amines is 1. The van der Waals surface area contributed by atoms with Crippen molar-refractivity contribution >= 4 is 24.0 Å². The molecule has 1 aliphatic heterocycles. The molecule has 2 heterocycles. The Kier molecular flexibility index (Phi) is 6.39. The van der Waals surface area contributed by atoms with E-state index >= 15 is 0 Å². The number of amides is 2. The second-order valence-corrected chi connectivity index (χ2v) is 7.20. The maximum Gasteiger partial charge on any atom is 0.222 e. The minimum absolute atomic E-state index is 0.0268. The lowest BCUT2D eigenvalue weighted by Gasteiger charge is -2.15. The van der Waals surface area contributed by atoms with E-state index < -0.39 is 0 Å². The number of H-pyrrole nitrogens is 1. The molecule has 7 nitrogen and oxygen atoms in total. The molecule has 0 radical (unpaired) electrons. The molecular weight excluding hydrogens is 362 g/mol. The molecule has 1 saturated heterocycles. The zero-order valence-electron chi connectivity index (χ0n) is 15.5. The van der Waals surface area contributed by atoms with Crippen LogP contribution in [-0.4, -0.2) is 51.1 Å². The Labute approximate surface area is 163 Å². The van der Waals surface area contributed by atoms with Gasteiger partial charge in [0.1, 0.15) is 0 Å². The lowest BCUT2D eigenvalue weighted by atomic mass is 10.1. The normalized spacial score (nSPS) is 14.0. The van der Waals surface area contributed by atoms with Crippen molar-refractivity contribution in [3.63, 3.8) is 0 Å². The quantitative estimate of drug-likeness (QED) is 0.538. The lowest BCUT2D eigenvalue weighted by molar-refractivity contribution is -0.127. The molecule has 0 spiro atoms. The number of carbonyl (C=O) groups excluding carboxylic acids is 2. The lowest BCUT2D eigenvalue weighted by Crippen LogP contribution is -2.31. The van der Waals surface area contributed by atoms with Crippen LogP contribution in [-0.2, 0) is 16.1 Å². The predicted molar refractivity (Wildman–Crippen MR) is 106 cm³/mol. The van der Waals surface area contributed by atoms with Crippen molar-refractivity contribution in [2.24, 2.45) is 0 Å². The summed E-state index contributed by atoms with van der Waals surface area (Å²) in [6.07, 6.45) is 2.70. The van der Waals surface area contributed by atoms with Crippen molar-refractivity contribution in [2.75, 3.05) is 19.6 Å². The Bertz CT molecular complexity index is 873. The zero-order chi connectivity index (χ0) is 19.2. The highest BCUT2D eigenvalue weighted by Gasteiger charge is 2.19. The van der Waals surface area contributed by atoms with Gasteiger partial charge in [-0.3, -0.25) is 19.3 Å². The number of hydrogen-bond donors (Lipinski definition) is 2. The number of carbonyl (C=O) groups is 2. The number of hydrogen-bond acceptors (Lipinski definition) is 4. The average molecular weight is 388 g/mol. The number of aromatic nitrogens is 3. The van der Waals surface area contributed by atoms with E-state index in [0.29, 0.717) is 37.2 Å². The topological polar surface area (TPSA) is 83.0 Å². The van der Waals surface area contributed by atoms with Gasteiger partial charge in [0, 0.05) is 44.6 Å². The Balaban J connectivity index is 1.48. The van der Waals surface area contributed by atoms with E-state index in [1.807, 2.05) is 40.7 Å². The summed E-state index contributed by atoms with van der Waals surface area (Å²) in [5.41, 5.74) is 2.11. The standard InChI is InChI=1S/C19H25N5O2S/c1-14-5-2-6-15(13-14)18-21-22-19(27)24(18)12-8-16(25)20-9-4-11-23-10-3-7-17(23)26/h2,5-6,13H,3-4,7-12H2,1H3,(H,20,25)(H,22,27). The highest BCUT2D eigenvalue weighted by atomic mass is 32.1. The maximum atomic E-state index is 12.1. The van der Waals surface area contributed by atoms with Gasteiger partial charge in [0.2, 0.25) is 11.8 Å². The van der Waals surface area contributed by atoms with Gasteiger partial charge in [0.25, 0.3) is 0 Å². The number of nitrogens with one attached hydrogen (secondary N) is 2. The zero-order valence-corrected chi connectivity index (χ0v) is 16.3. The molecule has 1 fully saturated rings. The minimum Gasteiger partial charge on any atom is -0.356 e. The summed E-state index contributed by atoms with van der Waals surface area (Å²) >= 11 is 5.31. The molecule has 2 amide bonds. The molecule has 0 atom stereocenters. The summed E-state index contributed by atoms with van der Waals surface area (Å²) in [5, 5.41) is 10.0. The first-order valence-electron chi connectivity index (χ1n) is 9.31. The molecule has 144 valence electrons. The first-order chi connectivity index (χ1) is 13.0. The second-order valence-electron chi connectivity index (χ2n) is 6.81. The molecule has 0 aliphatic carbocycles. The van der Waals surface area contributed by atoms with Crippen molar-refractivity contribution in [1.29, 1.82) is 0 Å². The summed E-state index contributed by atoms with van der Waals surface area (Å²) in [5.74, 6) is 0.935. The van der Waals surface area contributed by atoms with Gasteiger partial charge >= 0.3 is 0 Å². The van der Waals surface area contributed by atoms with Gasteiger partial charge in [-0.2, -0.15) is 5.10 Å². The minimum atomic E-state index is -0.0268. The van der Waals surface area contributed by atoms with Gasteiger partial charge in [-0.1, -0.05) is 23.8 Å². The van der Waals surface area contributed by atoms with Gasteiger partial charge in [0.15, 0.2) is 10.6 Å². The SMILES string of the molecule is Cc1cccc(-c2n[nH]c(=S)n2CCC(=O)NCCCN2CCCC2=O)c1. The van der Waals surface area contributed by atoms with Crippen LogP contribution in [0, 0.1) is 11.7 Å². The van der Waals surface area contributed by atoms with Crippen molar-refractivity contribution < 1.29 is 9.59 Å². The fraction of sp³-hybridized carbons (Fsp3) is 0.474. The van der Waals surface area contributed by atoms with E-state index in [9.17, 15) is 9.59 Å². The van der Waals surface area contributed by atoms with Crippen LogP contribution in [0.4, 0.5) is 0 Å². The van der Waals surface area contributed by atoms with Crippen molar-refractivity contribution in [3.05, 3.63) is 34.6 Å². The Morgan fingerprint density at radius 1 is 1.37 bits per heavy atom. The highest BCUT2D eigenvalue weighted by Crippen LogP contribution is 2.18. The molecule has 3 rings (SSSR count). The second kappa shape index (κ2) is 8.94. The first kappa shape index (κ1) is 19.3. The Morgan fingerprint density at radius 2 is 2.22 bits per heavy atom. The monoisotopic (exact) mass is 387 g/mol. The van der Waals surface area contributed by atoms with Crippen LogP contribution in [0.15, 0.2) is 24.3 Å². The molecular formula is C19H25N5O2S. The van der Waals surface area contributed by atoms with Gasteiger partial charge < -0.3 is 10.2 Å². The molecule has 1 aliphatic rings. The molecule has 1 aromatic carbocycles. The molecule has 0 saturated carbocycles. The van der Waals surface area contributed by atoms with Gasteiger partial charge in [0.05, 0.1) is 0 Å². The van der Waals surface area contributed by atoms with Crippen LogP contribution >= 0.6 is 12.2 Å². The Hall–Kier alpha value is -2.48. The van der Waals surface area contributed by atoms with E-state index in [1.54, 1.807) is 0 Å². The van der Waals surface area contributed by atoms with E-state index in [-0.39, 0.29) is 11.8 Å². The molecule has 27 heavy (non-hydrogen) atoms. The van der Waals surface area contributed by atoms with Crippen molar-refractivity contribution in [3.8, 4) is 11.4 Å². The van der Waals surface area contributed by atoms with Crippen LogP contribution in [0.2, 0.25) is 0 Å². The molecule has 0 unspecified atom stereocenters. The first-order valence-corrected chi connectivity index (χ1v) is 9.72. The van der Waals surface area contributed by atoms with Gasteiger partial charge in [-0.15, -0.1) is 0 Å². The largest absolute Gasteiger partial charge is 0.356 e. The van der Waals surface area contributed by atoms with Crippen molar-refractivity contribution in [1.82, 2.24) is 25.0 Å². The number of nitrogens with zero attached hydrogens (tertiary/aromatic N) is 3. The van der Waals surface area contributed by atoms with Crippen LogP contribution in [0.1, 0.15) is 31.2 Å². The summed E-state index contributed by atoms with van der Waals surface area (Å²) in [6.45, 7) is 4.62. The molecule has 1 aromatic heterocycles. The fourth-order valence-corrected chi connectivity index (χ4v) is 3.49. The van der Waals surface area contributed by atoms with E-state index in [1.165, 1.54) is 0 Å². The fourth-order valence-electron chi connectivity index (χ4n) is 3.27. The summed E-state index contributed by atoms with van der Waals surface area (Å²) in [6, 6.07) is 8.03. The third kappa shape index (κ3) is 5.03. The molecule has 2 N–H and O–H groups in total. The van der Waals surface area contributed by atoms with Crippen LogP contribution in [0.5, 0.6) is 0 Å². The maximum absolute atomic E-state index is 12.1. The van der Waals surface area contributed by atoms with E-state index in [4.69, 9.17) is 12.2 Å². The highest BCUT2D eigenvalue weighted by molar-refractivity contribution is 7.71. The van der Waals surface area contributed by atoms with E-state index in [0.717, 1.165) is 36.3 Å². The van der Waals surface area contributed by atoms with E-state index in [2.05, 4.69) is 15.5 Å². The number of rotatable bonds is 8. The third-order valence-corrected chi connectivity index (χ3v) is 5.01.